The summed E-state index contributed by atoms with van der Waals surface area (Å²) in [6.45, 7) is 4.57. The Morgan fingerprint density at radius 3 is 2.59 bits per heavy atom. The lowest BCUT2D eigenvalue weighted by Crippen LogP contribution is -2.53. The normalized spacial score (nSPS) is 26.0. The van der Waals surface area contributed by atoms with Gasteiger partial charge in [-0.05, 0) is 26.2 Å². The van der Waals surface area contributed by atoms with Gasteiger partial charge in [0, 0.05) is 6.08 Å². The van der Waals surface area contributed by atoms with Crippen molar-refractivity contribution in [2.75, 3.05) is 6.61 Å². The molecule has 3 unspecified atom stereocenters. The van der Waals surface area contributed by atoms with E-state index in [-0.39, 0.29) is 19.4 Å². The van der Waals surface area contributed by atoms with E-state index in [4.69, 9.17) is 14.5 Å². The first-order valence-corrected chi connectivity index (χ1v) is 6.93. The quantitative estimate of drug-likeness (QED) is 0.296. The summed E-state index contributed by atoms with van der Waals surface area (Å²) < 4.78 is 4.73. The zero-order valence-corrected chi connectivity index (χ0v) is 12.3. The number of carbonyl (C=O) groups is 3. The zero-order valence-electron chi connectivity index (χ0n) is 12.3. The molecule has 2 N–H and O–H groups in total. The summed E-state index contributed by atoms with van der Waals surface area (Å²) in [5.74, 6) is -4.46. The highest BCUT2D eigenvalue weighted by Gasteiger charge is 2.54. The Bertz CT molecular complexity index is 446. The highest BCUT2D eigenvalue weighted by molar-refractivity contribution is 5.86. The van der Waals surface area contributed by atoms with E-state index in [1.54, 1.807) is 0 Å². The van der Waals surface area contributed by atoms with Crippen LogP contribution in [0.15, 0.2) is 12.7 Å². The number of aliphatic carboxylic acids is 2. The standard InChI is InChI=1S/C14H20O8/c1-3-11(15)20-8-9(2)21-22-14(13(18)19)7-5-4-6-10(14)12(16)17/h3,9-10H,1,4-8H2,2H3,(H,16,17)(H,18,19). The summed E-state index contributed by atoms with van der Waals surface area (Å²) in [7, 11) is 0. The zero-order chi connectivity index (χ0) is 16.8. The number of hydrogen-bond donors (Lipinski definition) is 2. The summed E-state index contributed by atoms with van der Waals surface area (Å²) in [5, 5.41) is 18.6. The third kappa shape index (κ3) is 4.28. The number of carbonyl (C=O) groups excluding carboxylic acids is 1. The number of rotatable bonds is 8. The predicted molar refractivity (Wildman–Crippen MR) is 72.7 cm³/mol. The van der Waals surface area contributed by atoms with Crippen molar-refractivity contribution in [1.82, 2.24) is 0 Å². The van der Waals surface area contributed by atoms with Gasteiger partial charge < -0.3 is 14.9 Å². The van der Waals surface area contributed by atoms with Crippen molar-refractivity contribution < 1.29 is 39.1 Å². The molecule has 3 atom stereocenters. The molecule has 0 saturated heterocycles. The molecule has 0 aromatic heterocycles. The van der Waals surface area contributed by atoms with Crippen LogP contribution in [0.1, 0.15) is 32.6 Å². The van der Waals surface area contributed by atoms with Crippen LogP contribution in [0, 0.1) is 5.92 Å². The molecule has 1 aliphatic rings. The molecule has 1 fully saturated rings. The molecule has 22 heavy (non-hydrogen) atoms. The van der Waals surface area contributed by atoms with E-state index >= 15 is 0 Å². The largest absolute Gasteiger partial charge is 0.481 e. The van der Waals surface area contributed by atoms with Gasteiger partial charge in [-0.15, -0.1) is 0 Å². The number of carboxylic acids is 2. The fourth-order valence-corrected chi connectivity index (χ4v) is 2.31. The highest BCUT2D eigenvalue weighted by atomic mass is 17.2. The maximum Gasteiger partial charge on any atom is 0.340 e. The van der Waals surface area contributed by atoms with Crippen molar-refractivity contribution in [1.29, 1.82) is 0 Å². The van der Waals surface area contributed by atoms with Crippen molar-refractivity contribution in [3.8, 4) is 0 Å². The molecule has 1 rings (SSSR count). The fourth-order valence-electron chi connectivity index (χ4n) is 2.31. The molecule has 8 heteroatoms. The number of hydrogen-bond acceptors (Lipinski definition) is 6. The lowest BCUT2D eigenvalue weighted by atomic mass is 9.75. The molecule has 0 radical (unpaired) electrons. The van der Waals surface area contributed by atoms with Gasteiger partial charge in [-0.3, -0.25) is 4.79 Å². The summed E-state index contributed by atoms with van der Waals surface area (Å²) in [6.07, 6.45) is 1.61. The summed E-state index contributed by atoms with van der Waals surface area (Å²) in [6, 6.07) is 0. The van der Waals surface area contributed by atoms with Crippen LogP contribution in [-0.4, -0.2) is 46.4 Å². The minimum absolute atomic E-state index is 0.0401. The number of esters is 1. The van der Waals surface area contributed by atoms with E-state index in [0.29, 0.717) is 12.8 Å². The molecular formula is C14H20O8. The Balaban J connectivity index is 2.70. The van der Waals surface area contributed by atoms with Crippen molar-refractivity contribution in [3.05, 3.63) is 12.7 Å². The van der Waals surface area contributed by atoms with Crippen LogP contribution in [0.3, 0.4) is 0 Å². The Labute approximate surface area is 127 Å². The first kappa shape index (κ1) is 18.1. The molecule has 1 saturated carbocycles. The van der Waals surface area contributed by atoms with E-state index in [2.05, 4.69) is 6.58 Å². The van der Waals surface area contributed by atoms with Crippen molar-refractivity contribution in [3.63, 3.8) is 0 Å². The first-order chi connectivity index (χ1) is 10.3. The lowest BCUT2D eigenvalue weighted by Gasteiger charge is -2.37. The molecule has 0 aromatic rings. The Morgan fingerprint density at radius 2 is 2.05 bits per heavy atom. The van der Waals surface area contributed by atoms with Crippen LogP contribution in [0.25, 0.3) is 0 Å². The SMILES string of the molecule is C=CC(=O)OCC(C)OOC1(C(=O)O)CCCCC1C(=O)O. The molecule has 0 amide bonds. The summed E-state index contributed by atoms with van der Waals surface area (Å²) in [4.78, 5) is 43.8. The van der Waals surface area contributed by atoms with Gasteiger partial charge in [0.1, 0.15) is 12.7 Å². The molecule has 0 bridgehead atoms. The number of ether oxygens (including phenoxy) is 1. The molecule has 124 valence electrons. The van der Waals surface area contributed by atoms with Gasteiger partial charge in [-0.1, -0.05) is 13.0 Å². The second-order valence-electron chi connectivity index (χ2n) is 5.16. The van der Waals surface area contributed by atoms with Gasteiger partial charge in [0.15, 0.2) is 0 Å². The highest BCUT2D eigenvalue weighted by Crippen LogP contribution is 2.38. The van der Waals surface area contributed by atoms with E-state index < -0.39 is 35.5 Å². The van der Waals surface area contributed by atoms with E-state index in [1.165, 1.54) is 6.92 Å². The van der Waals surface area contributed by atoms with Crippen molar-refractivity contribution in [2.24, 2.45) is 5.92 Å². The van der Waals surface area contributed by atoms with Crippen molar-refractivity contribution >= 4 is 17.9 Å². The Morgan fingerprint density at radius 1 is 1.36 bits per heavy atom. The van der Waals surface area contributed by atoms with Gasteiger partial charge >= 0.3 is 17.9 Å². The third-order valence-corrected chi connectivity index (χ3v) is 3.50. The average Bonchev–Trinajstić information content (AvgIpc) is 2.50. The monoisotopic (exact) mass is 316 g/mol. The Hall–Kier alpha value is -1.93. The van der Waals surface area contributed by atoms with Crippen LogP contribution in [-0.2, 0) is 28.9 Å². The molecule has 0 heterocycles. The van der Waals surface area contributed by atoms with Crippen LogP contribution in [0.2, 0.25) is 0 Å². The summed E-state index contributed by atoms with van der Waals surface area (Å²) >= 11 is 0. The van der Waals surface area contributed by atoms with Crippen LogP contribution in [0.5, 0.6) is 0 Å². The van der Waals surface area contributed by atoms with Gasteiger partial charge in [0.25, 0.3) is 0 Å². The Kier molecular flexibility index (Phi) is 6.51. The van der Waals surface area contributed by atoms with Crippen LogP contribution >= 0.6 is 0 Å². The van der Waals surface area contributed by atoms with Crippen LogP contribution in [0.4, 0.5) is 0 Å². The molecule has 0 aliphatic heterocycles. The summed E-state index contributed by atoms with van der Waals surface area (Å²) in [5.41, 5.74) is -1.93. The maximum absolute atomic E-state index is 11.5. The van der Waals surface area contributed by atoms with Gasteiger partial charge in [-0.25, -0.2) is 19.4 Å². The molecule has 0 spiro atoms. The van der Waals surface area contributed by atoms with Crippen LogP contribution < -0.4 is 0 Å². The first-order valence-electron chi connectivity index (χ1n) is 6.93. The van der Waals surface area contributed by atoms with Gasteiger partial charge in [-0.2, -0.15) is 0 Å². The topological polar surface area (TPSA) is 119 Å². The fraction of sp³-hybridized carbons (Fsp3) is 0.643. The third-order valence-electron chi connectivity index (χ3n) is 3.50. The minimum Gasteiger partial charge on any atom is -0.481 e. The van der Waals surface area contributed by atoms with Crippen molar-refractivity contribution in [2.45, 2.75) is 44.3 Å². The number of carboxylic acid groups (broad SMARTS) is 2. The maximum atomic E-state index is 11.5. The van der Waals surface area contributed by atoms with E-state index in [0.717, 1.165) is 6.08 Å². The molecule has 1 aliphatic carbocycles. The molecule has 8 nitrogen and oxygen atoms in total. The van der Waals surface area contributed by atoms with Gasteiger partial charge in [0.05, 0.1) is 5.92 Å². The predicted octanol–water partition coefficient (Wildman–Crippen LogP) is 1.15. The van der Waals surface area contributed by atoms with E-state index in [9.17, 15) is 24.6 Å². The second-order valence-corrected chi connectivity index (χ2v) is 5.16. The van der Waals surface area contributed by atoms with E-state index in [1.807, 2.05) is 0 Å². The lowest BCUT2D eigenvalue weighted by molar-refractivity contribution is -0.389. The molecular weight excluding hydrogens is 296 g/mol. The minimum atomic E-state index is -1.93. The average molecular weight is 316 g/mol. The molecule has 0 aromatic carbocycles. The smallest absolute Gasteiger partial charge is 0.340 e. The second kappa shape index (κ2) is 7.90. The van der Waals surface area contributed by atoms with Gasteiger partial charge in [0.2, 0.25) is 5.60 Å².